The number of rotatable bonds is 11. The van der Waals surface area contributed by atoms with E-state index >= 15 is 0 Å². The van der Waals surface area contributed by atoms with E-state index in [4.69, 9.17) is 25.5 Å². The van der Waals surface area contributed by atoms with Gasteiger partial charge >= 0.3 is 17.9 Å². The zero-order valence-electron chi connectivity index (χ0n) is 11.5. The van der Waals surface area contributed by atoms with Gasteiger partial charge in [-0.25, -0.2) is 0 Å². The van der Waals surface area contributed by atoms with Crippen molar-refractivity contribution in [1.29, 1.82) is 0 Å². The van der Waals surface area contributed by atoms with Gasteiger partial charge in [0.25, 0.3) is 0 Å². The third-order valence-corrected chi connectivity index (χ3v) is 2.49. The molecule has 0 aliphatic carbocycles. The number of nitrogens with zero attached hydrogens (tertiary/aromatic N) is 1. The maximum atomic E-state index is 11.8. The van der Waals surface area contributed by atoms with Gasteiger partial charge in [-0.3, -0.25) is 19.2 Å². The third-order valence-electron chi connectivity index (χ3n) is 2.49. The van der Waals surface area contributed by atoms with Crippen molar-refractivity contribution in [2.24, 2.45) is 0 Å². The molecule has 1 amide bonds. The minimum atomic E-state index is -1.46. The first-order chi connectivity index (χ1) is 10.2. The van der Waals surface area contributed by atoms with Crippen LogP contribution in [0, 0.1) is 0 Å². The summed E-state index contributed by atoms with van der Waals surface area (Å²) in [4.78, 5) is 44.5. The average molecular weight is 322 g/mol. The molecule has 6 N–H and O–H groups in total. The predicted molar refractivity (Wildman–Crippen MR) is 69.0 cm³/mol. The van der Waals surface area contributed by atoms with Crippen LogP contribution < -0.4 is 5.32 Å². The number of carboxylic acid groups (broad SMARTS) is 3. The van der Waals surface area contributed by atoms with Crippen LogP contribution in [0.4, 0.5) is 0 Å². The Kier molecular flexibility index (Phi) is 8.67. The number of nitrogens with one attached hydrogen (secondary N) is 1. The quantitative estimate of drug-likeness (QED) is 0.226. The summed E-state index contributed by atoms with van der Waals surface area (Å²) in [7, 11) is 0. The molecule has 0 aromatic rings. The smallest absolute Gasteiger partial charge is 0.323 e. The van der Waals surface area contributed by atoms with Gasteiger partial charge in [0.1, 0.15) is 19.1 Å². The summed E-state index contributed by atoms with van der Waals surface area (Å²) in [5.41, 5.74) is 0. The first kappa shape index (κ1) is 19.8. The monoisotopic (exact) mass is 322 g/mol. The van der Waals surface area contributed by atoms with E-state index in [1.807, 2.05) is 0 Å². The standard InChI is InChI=1S/C11H18N2O9/c14-5-6(15)2-12-7(11(21)22)1-8(16)13(3-9(17)18)4-10(19)20/h6-7,12,14-15H,1-5H2,(H,17,18)(H,19,20)(H,21,22). The summed E-state index contributed by atoms with van der Waals surface area (Å²) in [6, 6.07) is -1.46. The van der Waals surface area contributed by atoms with Gasteiger partial charge in [-0.1, -0.05) is 0 Å². The van der Waals surface area contributed by atoms with Gasteiger partial charge in [0.2, 0.25) is 5.91 Å². The van der Waals surface area contributed by atoms with Crippen molar-refractivity contribution in [3.63, 3.8) is 0 Å². The van der Waals surface area contributed by atoms with Gasteiger partial charge in [0.15, 0.2) is 0 Å². The van der Waals surface area contributed by atoms with Gasteiger partial charge in [0.05, 0.1) is 19.1 Å². The zero-order chi connectivity index (χ0) is 17.3. The van der Waals surface area contributed by atoms with Crippen molar-refractivity contribution >= 4 is 23.8 Å². The number of aliphatic carboxylic acids is 3. The molecule has 0 saturated carbocycles. The molecule has 11 nitrogen and oxygen atoms in total. The maximum absolute atomic E-state index is 11.8. The molecule has 0 bridgehead atoms. The van der Waals surface area contributed by atoms with Crippen LogP contribution in [-0.4, -0.2) is 92.6 Å². The molecule has 0 radical (unpaired) electrons. The number of aliphatic hydroxyl groups excluding tert-OH is 2. The number of carboxylic acids is 3. The van der Waals surface area contributed by atoms with Crippen LogP contribution in [0.3, 0.4) is 0 Å². The van der Waals surface area contributed by atoms with Crippen molar-refractivity contribution in [1.82, 2.24) is 10.2 Å². The first-order valence-electron chi connectivity index (χ1n) is 6.13. The second-order valence-corrected chi connectivity index (χ2v) is 4.38. The molecule has 2 atom stereocenters. The molecule has 0 aliphatic rings. The summed E-state index contributed by atoms with van der Waals surface area (Å²) in [6.07, 6.45) is -1.93. The topological polar surface area (TPSA) is 185 Å². The molecule has 22 heavy (non-hydrogen) atoms. The second-order valence-electron chi connectivity index (χ2n) is 4.38. The van der Waals surface area contributed by atoms with Crippen molar-refractivity contribution < 1.29 is 44.7 Å². The van der Waals surface area contributed by atoms with Crippen molar-refractivity contribution in [3.8, 4) is 0 Å². The van der Waals surface area contributed by atoms with Crippen LogP contribution >= 0.6 is 0 Å². The van der Waals surface area contributed by atoms with Crippen molar-refractivity contribution in [2.45, 2.75) is 18.6 Å². The van der Waals surface area contributed by atoms with Crippen LogP contribution in [0.2, 0.25) is 0 Å². The summed E-state index contributed by atoms with van der Waals surface area (Å²) in [6.45, 7) is -2.68. The highest BCUT2D eigenvalue weighted by molar-refractivity contribution is 5.88. The van der Waals surface area contributed by atoms with E-state index in [0.29, 0.717) is 4.90 Å². The lowest BCUT2D eigenvalue weighted by molar-refractivity contribution is -0.150. The predicted octanol–water partition coefficient (Wildman–Crippen LogP) is -3.23. The van der Waals surface area contributed by atoms with Gasteiger partial charge in [-0.15, -0.1) is 0 Å². The van der Waals surface area contributed by atoms with E-state index in [9.17, 15) is 19.2 Å². The Hall–Kier alpha value is -2.24. The summed E-state index contributed by atoms with van der Waals surface area (Å²) < 4.78 is 0. The molecule has 0 aliphatic heterocycles. The summed E-state index contributed by atoms with van der Waals surface area (Å²) in [5.74, 6) is -5.30. The molecule has 0 saturated heterocycles. The van der Waals surface area contributed by atoms with E-state index in [1.165, 1.54) is 0 Å². The summed E-state index contributed by atoms with van der Waals surface area (Å²) >= 11 is 0. The Bertz CT molecular complexity index is 410. The number of amides is 1. The fraction of sp³-hybridized carbons (Fsp3) is 0.636. The Labute approximate surface area is 124 Å². The van der Waals surface area contributed by atoms with Gasteiger partial charge < -0.3 is 35.7 Å². The number of carbonyl (C=O) groups is 4. The van der Waals surface area contributed by atoms with E-state index in [2.05, 4.69) is 5.32 Å². The van der Waals surface area contributed by atoms with Crippen LogP contribution in [0.1, 0.15) is 6.42 Å². The highest BCUT2D eigenvalue weighted by Crippen LogP contribution is 2.01. The molecule has 11 heteroatoms. The Balaban J connectivity index is 4.77. The zero-order valence-corrected chi connectivity index (χ0v) is 11.5. The SMILES string of the molecule is O=C(O)CN(CC(=O)O)C(=O)CC(NCC(O)CO)C(=O)O. The molecule has 0 spiro atoms. The molecule has 126 valence electrons. The fourth-order valence-electron chi connectivity index (χ4n) is 1.45. The normalized spacial score (nSPS) is 13.2. The lowest BCUT2D eigenvalue weighted by Gasteiger charge is -2.21. The van der Waals surface area contributed by atoms with Crippen LogP contribution in [0.25, 0.3) is 0 Å². The van der Waals surface area contributed by atoms with Crippen LogP contribution in [0.15, 0.2) is 0 Å². The largest absolute Gasteiger partial charge is 0.480 e. The van der Waals surface area contributed by atoms with Gasteiger partial charge in [-0.2, -0.15) is 0 Å². The summed E-state index contributed by atoms with van der Waals surface area (Å²) in [5, 5.41) is 46.2. The molecule has 0 heterocycles. The minimum Gasteiger partial charge on any atom is -0.480 e. The van der Waals surface area contributed by atoms with E-state index < -0.39 is 62.1 Å². The number of carbonyl (C=O) groups excluding carboxylic acids is 1. The van der Waals surface area contributed by atoms with E-state index in [-0.39, 0.29) is 6.54 Å². The Morgan fingerprint density at radius 2 is 1.50 bits per heavy atom. The van der Waals surface area contributed by atoms with Gasteiger partial charge in [0, 0.05) is 6.54 Å². The molecule has 0 rings (SSSR count). The molecule has 2 unspecified atom stereocenters. The highest BCUT2D eigenvalue weighted by atomic mass is 16.4. The molecule has 0 aromatic heterocycles. The minimum absolute atomic E-state index is 0.307. The first-order valence-corrected chi connectivity index (χ1v) is 6.13. The lowest BCUT2D eigenvalue weighted by atomic mass is 10.1. The van der Waals surface area contributed by atoms with E-state index in [0.717, 1.165) is 0 Å². The van der Waals surface area contributed by atoms with Crippen LogP contribution in [-0.2, 0) is 19.2 Å². The Morgan fingerprint density at radius 1 is 1.00 bits per heavy atom. The van der Waals surface area contributed by atoms with Gasteiger partial charge in [-0.05, 0) is 0 Å². The maximum Gasteiger partial charge on any atom is 0.323 e. The van der Waals surface area contributed by atoms with Crippen molar-refractivity contribution in [3.05, 3.63) is 0 Å². The number of hydrogen-bond acceptors (Lipinski definition) is 7. The number of aliphatic hydroxyl groups is 2. The van der Waals surface area contributed by atoms with E-state index in [1.54, 1.807) is 0 Å². The lowest BCUT2D eigenvalue weighted by Crippen LogP contribution is -2.47. The number of hydrogen-bond donors (Lipinski definition) is 6. The van der Waals surface area contributed by atoms with Crippen LogP contribution in [0.5, 0.6) is 0 Å². The van der Waals surface area contributed by atoms with Crippen molar-refractivity contribution in [2.75, 3.05) is 26.2 Å². The molecular formula is C11H18N2O9. The average Bonchev–Trinajstić information content (AvgIpc) is 2.40. The fourth-order valence-corrected chi connectivity index (χ4v) is 1.45. The third kappa shape index (κ3) is 8.14. The highest BCUT2D eigenvalue weighted by Gasteiger charge is 2.26. The molecule has 0 fully saturated rings. The molecular weight excluding hydrogens is 304 g/mol. The second kappa shape index (κ2) is 9.65. The molecule has 0 aromatic carbocycles. The Morgan fingerprint density at radius 3 is 1.86 bits per heavy atom.